The maximum absolute atomic E-state index is 5.73. The SMILES string of the molecule is CC(C)c1ccccc1N1CCOc2ccccc21. The third kappa shape index (κ3) is 2.19. The van der Waals surface area contributed by atoms with Crippen molar-refractivity contribution < 1.29 is 4.74 Å². The van der Waals surface area contributed by atoms with Crippen molar-refractivity contribution in [2.45, 2.75) is 19.8 Å². The summed E-state index contributed by atoms with van der Waals surface area (Å²) in [5.74, 6) is 1.50. The van der Waals surface area contributed by atoms with E-state index in [1.165, 1.54) is 16.9 Å². The molecule has 0 saturated heterocycles. The van der Waals surface area contributed by atoms with Crippen LogP contribution in [0.5, 0.6) is 5.75 Å². The summed E-state index contributed by atoms with van der Waals surface area (Å²) in [7, 11) is 0. The summed E-state index contributed by atoms with van der Waals surface area (Å²) >= 11 is 0. The fourth-order valence-electron chi connectivity index (χ4n) is 2.64. The number of benzene rings is 2. The predicted octanol–water partition coefficient (Wildman–Crippen LogP) is 4.34. The zero-order chi connectivity index (χ0) is 13.2. The molecular formula is C17H19NO. The fourth-order valence-corrected chi connectivity index (χ4v) is 2.64. The van der Waals surface area contributed by atoms with Gasteiger partial charge in [-0.2, -0.15) is 0 Å². The Kier molecular flexibility index (Phi) is 3.16. The highest BCUT2D eigenvalue weighted by Crippen LogP contribution is 2.39. The van der Waals surface area contributed by atoms with Gasteiger partial charge in [-0.25, -0.2) is 0 Å². The lowest BCUT2D eigenvalue weighted by molar-refractivity contribution is 0.314. The number of nitrogens with zero attached hydrogens (tertiary/aromatic N) is 1. The van der Waals surface area contributed by atoms with Gasteiger partial charge in [-0.15, -0.1) is 0 Å². The Labute approximate surface area is 114 Å². The first-order valence-corrected chi connectivity index (χ1v) is 6.85. The van der Waals surface area contributed by atoms with Crippen LogP contribution in [0.25, 0.3) is 0 Å². The third-order valence-corrected chi connectivity index (χ3v) is 3.58. The van der Waals surface area contributed by atoms with Crippen LogP contribution in [0, 0.1) is 0 Å². The third-order valence-electron chi connectivity index (χ3n) is 3.58. The summed E-state index contributed by atoms with van der Waals surface area (Å²) in [5.41, 5.74) is 3.86. The Morgan fingerprint density at radius 2 is 1.63 bits per heavy atom. The van der Waals surface area contributed by atoms with Gasteiger partial charge in [-0.3, -0.25) is 0 Å². The molecule has 0 N–H and O–H groups in total. The van der Waals surface area contributed by atoms with Gasteiger partial charge < -0.3 is 9.64 Å². The van der Waals surface area contributed by atoms with Crippen molar-refractivity contribution >= 4 is 11.4 Å². The van der Waals surface area contributed by atoms with Crippen LogP contribution in [0.2, 0.25) is 0 Å². The van der Waals surface area contributed by atoms with E-state index in [0.717, 1.165) is 18.9 Å². The maximum Gasteiger partial charge on any atom is 0.143 e. The van der Waals surface area contributed by atoms with E-state index in [-0.39, 0.29) is 0 Å². The number of fused-ring (bicyclic) bond motifs is 1. The van der Waals surface area contributed by atoms with Crippen LogP contribution in [-0.4, -0.2) is 13.2 Å². The van der Waals surface area contributed by atoms with Gasteiger partial charge in [0.15, 0.2) is 0 Å². The van der Waals surface area contributed by atoms with E-state index < -0.39 is 0 Å². The molecule has 0 radical (unpaired) electrons. The van der Waals surface area contributed by atoms with E-state index in [9.17, 15) is 0 Å². The molecule has 0 amide bonds. The first-order valence-electron chi connectivity index (χ1n) is 6.85. The van der Waals surface area contributed by atoms with E-state index in [0.29, 0.717) is 5.92 Å². The highest BCUT2D eigenvalue weighted by Gasteiger charge is 2.21. The molecule has 3 rings (SSSR count). The van der Waals surface area contributed by atoms with Crippen LogP contribution in [0.3, 0.4) is 0 Å². The molecule has 2 heteroatoms. The molecular weight excluding hydrogens is 234 g/mol. The Morgan fingerprint density at radius 1 is 0.947 bits per heavy atom. The Morgan fingerprint density at radius 3 is 2.42 bits per heavy atom. The van der Waals surface area contributed by atoms with Crippen molar-refractivity contribution in [3.8, 4) is 5.75 Å². The lowest BCUT2D eigenvalue weighted by Gasteiger charge is -2.33. The van der Waals surface area contributed by atoms with Crippen LogP contribution in [0.1, 0.15) is 25.3 Å². The number of rotatable bonds is 2. The summed E-state index contributed by atoms with van der Waals surface area (Å²) in [6.07, 6.45) is 0. The highest BCUT2D eigenvalue weighted by molar-refractivity contribution is 5.72. The van der Waals surface area contributed by atoms with Crippen molar-refractivity contribution in [2.24, 2.45) is 0 Å². The number of anilines is 2. The van der Waals surface area contributed by atoms with Crippen LogP contribution in [0.15, 0.2) is 48.5 Å². The standard InChI is InChI=1S/C17H19NO/c1-13(2)14-7-3-4-8-15(14)18-11-12-19-17-10-6-5-9-16(17)18/h3-10,13H,11-12H2,1-2H3. The lowest BCUT2D eigenvalue weighted by atomic mass is 10.00. The van der Waals surface area contributed by atoms with Gasteiger partial charge in [0, 0.05) is 5.69 Å². The van der Waals surface area contributed by atoms with E-state index >= 15 is 0 Å². The van der Waals surface area contributed by atoms with E-state index in [4.69, 9.17) is 4.74 Å². The smallest absolute Gasteiger partial charge is 0.143 e. The van der Waals surface area contributed by atoms with Crippen molar-refractivity contribution in [3.05, 3.63) is 54.1 Å². The topological polar surface area (TPSA) is 12.5 Å². The molecule has 1 heterocycles. The van der Waals surface area contributed by atoms with E-state index in [1.807, 2.05) is 12.1 Å². The van der Waals surface area contributed by atoms with Crippen LogP contribution < -0.4 is 9.64 Å². The molecule has 19 heavy (non-hydrogen) atoms. The molecule has 0 aromatic heterocycles. The molecule has 1 aliphatic rings. The van der Waals surface area contributed by atoms with Gasteiger partial charge in [-0.05, 0) is 29.7 Å². The van der Waals surface area contributed by atoms with Crippen molar-refractivity contribution in [1.82, 2.24) is 0 Å². The molecule has 0 saturated carbocycles. The minimum Gasteiger partial charge on any atom is -0.490 e. The minimum atomic E-state index is 0.520. The number of ether oxygens (including phenoxy) is 1. The second-order valence-corrected chi connectivity index (χ2v) is 5.18. The van der Waals surface area contributed by atoms with Crippen LogP contribution in [0.4, 0.5) is 11.4 Å². The van der Waals surface area contributed by atoms with Crippen LogP contribution in [-0.2, 0) is 0 Å². The number of para-hydroxylation sites is 3. The van der Waals surface area contributed by atoms with Gasteiger partial charge in [0.1, 0.15) is 12.4 Å². The molecule has 2 aromatic rings. The molecule has 0 aliphatic carbocycles. The van der Waals surface area contributed by atoms with Crippen molar-refractivity contribution in [3.63, 3.8) is 0 Å². The Balaban J connectivity index is 2.09. The van der Waals surface area contributed by atoms with Crippen molar-refractivity contribution in [2.75, 3.05) is 18.1 Å². The first kappa shape index (κ1) is 12.1. The predicted molar refractivity (Wildman–Crippen MR) is 79.5 cm³/mol. The second-order valence-electron chi connectivity index (χ2n) is 5.18. The van der Waals surface area contributed by atoms with E-state index in [2.05, 4.69) is 55.1 Å². The van der Waals surface area contributed by atoms with Gasteiger partial charge in [-0.1, -0.05) is 44.2 Å². The summed E-state index contributed by atoms with van der Waals surface area (Å²) in [6.45, 7) is 6.13. The normalized spacial score (nSPS) is 14.2. The van der Waals surface area contributed by atoms with E-state index in [1.54, 1.807) is 0 Å². The van der Waals surface area contributed by atoms with Gasteiger partial charge in [0.05, 0.1) is 12.2 Å². The molecule has 98 valence electrons. The largest absolute Gasteiger partial charge is 0.490 e. The molecule has 0 unspecified atom stereocenters. The van der Waals surface area contributed by atoms with Gasteiger partial charge >= 0.3 is 0 Å². The maximum atomic E-state index is 5.73. The monoisotopic (exact) mass is 253 g/mol. The quantitative estimate of drug-likeness (QED) is 0.789. The molecule has 0 spiro atoms. The van der Waals surface area contributed by atoms with Gasteiger partial charge in [0.25, 0.3) is 0 Å². The number of hydrogen-bond acceptors (Lipinski definition) is 2. The lowest BCUT2D eigenvalue weighted by Crippen LogP contribution is -2.29. The molecule has 0 fully saturated rings. The average Bonchev–Trinajstić information content (AvgIpc) is 2.46. The zero-order valence-electron chi connectivity index (χ0n) is 11.5. The summed E-state index contributed by atoms with van der Waals surface area (Å²) in [6, 6.07) is 16.9. The first-order chi connectivity index (χ1) is 9.27. The summed E-state index contributed by atoms with van der Waals surface area (Å²) in [4.78, 5) is 2.37. The zero-order valence-corrected chi connectivity index (χ0v) is 11.5. The Bertz CT molecular complexity index is 577. The second kappa shape index (κ2) is 4.96. The molecule has 2 nitrogen and oxygen atoms in total. The number of hydrogen-bond donors (Lipinski definition) is 0. The van der Waals surface area contributed by atoms with Gasteiger partial charge in [0.2, 0.25) is 0 Å². The van der Waals surface area contributed by atoms with Crippen LogP contribution >= 0.6 is 0 Å². The molecule has 0 bridgehead atoms. The Hall–Kier alpha value is -1.96. The molecule has 2 aromatic carbocycles. The summed E-state index contributed by atoms with van der Waals surface area (Å²) < 4.78 is 5.73. The average molecular weight is 253 g/mol. The highest BCUT2D eigenvalue weighted by atomic mass is 16.5. The van der Waals surface area contributed by atoms with Crippen molar-refractivity contribution in [1.29, 1.82) is 0 Å². The fraction of sp³-hybridized carbons (Fsp3) is 0.294. The molecule has 1 aliphatic heterocycles. The minimum absolute atomic E-state index is 0.520. The summed E-state index contributed by atoms with van der Waals surface area (Å²) in [5, 5.41) is 0. The molecule has 0 atom stereocenters.